The number of hydrogen-bond donors (Lipinski definition) is 2. The summed E-state index contributed by atoms with van der Waals surface area (Å²) in [5.74, 6) is 1.76. The molecule has 2 heterocycles. The van der Waals surface area contributed by atoms with Crippen molar-refractivity contribution < 1.29 is 5.11 Å². The summed E-state index contributed by atoms with van der Waals surface area (Å²) >= 11 is 1.65. The van der Waals surface area contributed by atoms with Crippen LogP contribution in [-0.4, -0.2) is 47.2 Å². The minimum atomic E-state index is 0.285. The predicted molar refractivity (Wildman–Crippen MR) is 84.2 cm³/mol. The monoisotopic (exact) mass is 294 g/mol. The van der Waals surface area contributed by atoms with Gasteiger partial charge in [0, 0.05) is 13.7 Å². The normalized spacial score (nSPS) is 11.4. The predicted octanol–water partition coefficient (Wildman–Crippen LogP) is 2.33. The molecule has 0 aliphatic carbocycles. The lowest BCUT2D eigenvalue weighted by Crippen LogP contribution is -2.21. The minimum Gasteiger partial charge on any atom is -0.396 e. The molecule has 0 aliphatic heterocycles. The Kier molecular flexibility index (Phi) is 5.70. The van der Waals surface area contributed by atoms with Gasteiger partial charge in [0.25, 0.3) is 0 Å². The van der Waals surface area contributed by atoms with Crippen LogP contribution in [0.1, 0.15) is 25.1 Å². The molecule has 20 heavy (non-hydrogen) atoms. The highest BCUT2D eigenvalue weighted by atomic mass is 32.1. The highest BCUT2D eigenvalue weighted by Crippen LogP contribution is 2.24. The zero-order valence-corrected chi connectivity index (χ0v) is 12.9. The van der Waals surface area contributed by atoms with Crippen molar-refractivity contribution in [2.75, 3.05) is 32.6 Å². The molecular weight excluding hydrogens is 272 g/mol. The van der Waals surface area contributed by atoms with Crippen LogP contribution in [0.25, 0.3) is 10.2 Å². The zero-order chi connectivity index (χ0) is 14.4. The van der Waals surface area contributed by atoms with Crippen molar-refractivity contribution in [3.8, 4) is 0 Å². The van der Waals surface area contributed by atoms with E-state index in [4.69, 9.17) is 5.11 Å². The third-order valence-electron chi connectivity index (χ3n) is 3.22. The van der Waals surface area contributed by atoms with Crippen molar-refractivity contribution >= 4 is 27.4 Å². The minimum absolute atomic E-state index is 0.285. The van der Waals surface area contributed by atoms with Gasteiger partial charge in [-0.1, -0.05) is 0 Å². The number of rotatable bonds is 8. The number of fused-ring (bicyclic) bond motifs is 1. The van der Waals surface area contributed by atoms with Crippen molar-refractivity contribution in [2.24, 2.45) is 0 Å². The van der Waals surface area contributed by atoms with Crippen LogP contribution in [0.5, 0.6) is 0 Å². The largest absolute Gasteiger partial charge is 0.396 e. The lowest BCUT2D eigenvalue weighted by atomic mass is 10.2. The van der Waals surface area contributed by atoms with Crippen LogP contribution in [0.4, 0.5) is 5.82 Å². The Morgan fingerprint density at radius 2 is 2.15 bits per heavy atom. The Morgan fingerprint density at radius 3 is 2.90 bits per heavy atom. The number of hydrogen-bond acceptors (Lipinski definition) is 6. The van der Waals surface area contributed by atoms with E-state index in [1.807, 2.05) is 18.5 Å². The molecule has 0 amide bonds. The molecule has 0 saturated heterocycles. The number of thiophene rings is 1. The first-order chi connectivity index (χ1) is 9.74. The summed E-state index contributed by atoms with van der Waals surface area (Å²) in [6.45, 7) is 2.04. The van der Waals surface area contributed by atoms with Crippen LogP contribution in [0.2, 0.25) is 0 Å². The van der Waals surface area contributed by atoms with Crippen molar-refractivity contribution in [3.05, 3.63) is 17.3 Å². The highest BCUT2D eigenvalue weighted by Gasteiger charge is 2.09. The first kappa shape index (κ1) is 15.2. The van der Waals surface area contributed by atoms with Crippen molar-refractivity contribution in [1.82, 2.24) is 14.9 Å². The topological polar surface area (TPSA) is 61.3 Å². The molecule has 0 aromatic carbocycles. The molecule has 0 aliphatic rings. The Morgan fingerprint density at radius 1 is 1.30 bits per heavy atom. The van der Waals surface area contributed by atoms with Gasteiger partial charge in [0.2, 0.25) is 0 Å². The molecule has 2 aromatic rings. The van der Waals surface area contributed by atoms with E-state index in [-0.39, 0.29) is 6.61 Å². The summed E-state index contributed by atoms with van der Waals surface area (Å²) < 4.78 is 0. The molecule has 0 atom stereocenters. The first-order valence-corrected chi connectivity index (χ1v) is 7.84. The summed E-state index contributed by atoms with van der Waals surface area (Å²) in [6.07, 6.45) is 3.04. The molecule has 2 rings (SSSR count). The molecule has 0 bridgehead atoms. The number of aliphatic hydroxyl groups excluding tert-OH is 1. The van der Waals surface area contributed by atoms with E-state index in [0.717, 1.165) is 54.2 Å². The van der Waals surface area contributed by atoms with E-state index in [1.165, 1.54) is 0 Å². The fourth-order valence-corrected chi connectivity index (χ4v) is 2.93. The first-order valence-electron chi connectivity index (χ1n) is 6.96. The summed E-state index contributed by atoms with van der Waals surface area (Å²) in [5.41, 5.74) is 0. The standard InChI is InChI=1S/C14H22N4OS/c1-15-13-11-6-9-20-14(11)17-12(16-13)10-18(2)7-4-3-5-8-19/h6,9,19H,3-5,7-8,10H2,1-2H3,(H,15,16,17). The molecule has 6 heteroatoms. The molecule has 2 N–H and O–H groups in total. The van der Waals surface area contributed by atoms with Gasteiger partial charge in [-0.05, 0) is 44.3 Å². The van der Waals surface area contributed by atoms with E-state index in [2.05, 4.69) is 27.2 Å². The number of aromatic nitrogens is 2. The van der Waals surface area contributed by atoms with Crippen LogP contribution >= 0.6 is 11.3 Å². The Balaban J connectivity index is 1.98. The van der Waals surface area contributed by atoms with Crippen molar-refractivity contribution in [3.63, 3.8) is 0 Å². The van der Waals surface area contributed by atoms with Crippen LogP contribution in [0.15, 0.2) is 11.4 Å². The SMILES string of the molecule is CNc1nc(CN(C)CCCCCO)nc2sccc12. The maximum Gasteiger partial charge on any atom is 0.146 e. The summed E-state index contributed by atoms with van der Waals surface area (Å²) in [7, 11) is 3.97. The van der Waals surface area contributed by atoms with Crippen LogP contribution in [0, 0.1) is 0 Å². The number of nitrogens with zero attached hydrogens (tertiary/aromatic N) is 3. The van der Waals surface area contributed by atoms with Gasteiger partial charge in [0.1, 0.15) is 16.5 Å². The highest BCUT2D eigenvalue weighted by molar-refractivity contribution is 7.16. The smallest absolute Gasteiger partial charge is 0.146 e. The van der Waals surface area contributed by atoms with Gasteiger partial charge in [-0.2, -0.15) is 0 Å². The van der Waals surface area contributed by atoms with Crippen molar-refractivity contribution in [2.45, 2.75) is 25.8 Å². The number of unbranched alkanes of at least 4 members (excludes halogenated alkanes) is 2. The zero-order valence-electron chi connectivity index (χ0n) is 12.1. The molecule has 0 fully saturated rings. The molecular formula is C14H22N4OS. The van der Waals surface area contributed by atoms with E-state index >= 15 is 0 Å². The van der Waals surface area contributed by atoms with E-state index in [1.54, 1.807) is 11.3 Å². The molecule has 110 valence electrons. The Hall–Kier alpha value is -1.24. The quantitative estimate of drug-likeness (QED) is 0.732. The van der Waals surface area contributed by atoms with Gasteiger partial charge in [0.15, 0.2) is 0 Å². The maximum absolute atomic E-state index is 8.77. The molecule has 5 nitrogen and oxygen atoms in total. The molecule has 0 saturated carbocycles. The third-order valence-corrected chi connectivity index (χ3v) is 4.02. The van der Waals surface area contributed by atoms with Gasteiger partial charge in [-0.15, -0.1) is 11.3 Å². The average molecular weight is 294 g/mol. The van der Waals surface area contributed by atoms with Crippen molar-refractivity contribution in [1.29, 1.82) is 0 Å². The molecule has 0 unspecified atom stereocenters. The van der Waals surface area contributed by atoms with E-state index in [0.29, 0.717) is 0 Å². The molecule has 0 spiro atoms. The van der Waals surface area contributed by atoms with Gasteiger partial charge >= 0.3 is 0 Å². The van der Waals surface area contributed by atoms with Crippen LogP contribution in [0.3, 0.4) is 0 Å². The average Bonchev–Trinajstić information content (AvgIpc) is 2.91. The summed E-state index contributed by atoms with van der Waals surface area (Å²) in [5, 5.41) is 15.0. The lowest BCUT2D eigenvalue weighted by molar-refractivity contribution is 0.269. The van der Waals surface area contributed by atoms with Gasteiger partial charge in [0.05, 0.1) is 11.9 Å². The molecule has 0 radical (unpaired) electrons. The fraction of sp³-hybridized carbons (Fsp3) is 0.571. The van der Waals surface area contributed by atoms with E-state index in [9.17, 15) is 0 Å². The Bertz CT molecular complexity index is 543. The molecule has 2 aromatic heterocycles. The van der Waals surface area contributed by atoms with Crippen LogP contribution < -0.4 is 5.32 Å². The van der Waals surface area contributed by atoms with Gasteiger partial charge in [-0.25, -0.2) is 9.97 Å². The Labute approximate surface area is 123 Å². The van der Waals surface area contributed by atoms with E-state index < -0.39 is 0 Å². The summed E-state index contributed by atoms with van der Waals surface area (Å²) in [4.78, 5) is 12.5. The number of nitrogens with one attached hydrogen (secondary N) is 1. The van der Waals surface area contributed by atoms with Gasteiger partial charge in [-0.3, -0.25) is 4.90 Å². The number of aliphatic hydroxyl groups is 1. The fourth-order valence-electron chi connectivity index (χ4n) is 2.15. The maximum atomic E-state index is 8.77. The second-order valence-corrected chi connectivity index (χ2v) is 5.79. The second-order valence-electron chi connectivity index (χ2n) is 4.90. The lowest BCUT2D eigenvalue weighted by Gasteiger charge is -2.16. The summed E-state index contributed by atoms with van der Waals surface area (Å²) in [6, 6.07) is 2.05. The van der Waals surface area contributed by atoms with Crippen LogP contribution in [-0.2, 0) is 6.54 Å². The number of anilines is 1. The third kappa shape index (κ3) is 3.88. The van der Waals surface area contributed by atoms with Gasteiger partial charge < -0.3 is 10.4 Å². The second kappa shape index (κ2) is 7.52.